The molecule has 1 aliphatic heterocycles. The van der Waals surface area contributed by atoms with Gasteiger partial charge in [0.1, 0.15) is 24.4 Å². The van der Waals surface area contributed by atoms with E-state index in [1.54, 1.807) is 0 Å². The number of aliphatic hydroxyl groups is 5. The zero-order valence-corrected chi connectivity index (χ0v) is 6.24. The maximum atomic E-state index is 9.12. The molecule has 0 saturated carbocycles. The average Bonchev–Trinajstić information content (AvgIpc) is 2.08. The highest BCUT2D eigenvalue weighted by Crippen LogP contribution is 2.18. The predicted octanol–water partition coefficient (Wildman–Crippen LogP) is -3.22. The van der Waals surface area contributed by atoms with Crippen molar-refractivity contribution in [2.75, 3.05) is 6.61 Å². The SMILES string of the molecule is OC[C@H]1O[13CH](O)[C@H](O)[C@@H](O)[C@@H]1O. The Morgan fingerprint density at radius 1 is 0.917 bits per heavy atom. The lowest BCUT2D eigenvalue weighted by Crippen LogP contribution is -2.58. The molecule has 0 aromatic rings. The van der Waals surface area contributed by atoms with Crippen molar-refractivity contribution in [1.82, 2.24) is 0 Å². The van der Waals surface area contributed by atoms with Crippen LogP contribution in [-0.4, -0.2) is 62.8 Å². The summed E-state index contributed by atoms with van der Waals surface area (Å²) in [4.78, 5) is 0. The first-order chi connectivity index (χ1) is 5.57. The summed E-state index contributed by atoms with van der Waals surface area (Å²) < 4.78 is 4.58. The fourth-order valence-corrected chi connectivity index (χ4v) is 1.08. The molecule has 1 fully saturated rings. The van der Waals surface area contributed by atoms with Crippen LogP contribution in [0.15, 0.2) is 0 Å². The van der Waals surface area contributed by atoms with Crippen LogP contribution in [0.1, 0.15) is 0 Å². The molecule has 0 radical (unpaired) electrons. The quantitative estimate of drug-likeness (QED) is 0.272. The third-order valence-corrected chi connectivity index (χ3v) is 1.87. The van der Waals surface area contributed by atoms with Gasteiger partial charge in [-0.25, -0.2) is 0 Å². The molecule has 1 heterocycles. The monoisotopic (exact) mass is 181 g/mol. The van der Waals surface area contributed by atoms with Gasteiger partial charge in [-0.1, -0.05) is 0 Å². The fourth-order valence-electron chi connectivity index (χ4n) is 1.08. The van der Waals surface area contributed by atoms with E-state index in [-0.39, 0.29) is 0 Å². The van der Waals surface area contributed by atoms with E-state index in [9.17, 15) is 0 Å². The van der Waals surface area contributed by atoms with Crippen LogP contribution in [0.25, 0.3) is 0 Å². The Kier molecular flexibility index (Phi) is 2.99. The summed E-state index contributed by atoms with van der Waals surface area (Å²) in [5, 5.41) is 44.7. The second-order valence-electron chi connectivity index (χ2n) is 2.72. The van der Waals surface area contributed by atoms with E-state index >= 15 is 0 Å². The highest BCUT2D eigenvalue weighted by atomic mass is 16.7. The average molecular weight is 181 g/mol. The summed E-state index contributed by atoms with van der Waals surface area (Å²) in [5.41, 5.74) is 0. The summed E-state index contributed by atoms with van der Waals surface area (Å²) in [7, 11) is 0. The predicted molar refractivity (Wildman–Crippen MR) is 36.0 cm³/mol. The van der Waals surface area contributed by atoms with Crippen LogP contribution >= 0.6 is 0 Å². The molecular weight excluding hydrogens is 169 g/mol. The number of hydrogen-bond acceptors (Lipinski definition) is 6. The summed E-state index contributed by atoms with van der Waals surface area (Å²) >= 11 is 0. The van der Waals surface area contributed by atoms with Crippen LogP contribution in [0.2, 0.25) is 0 Å². The molecule has 5 N–H and O–H groups in total. The van der Waals surface area contributed by atoms with Crippen LogP contribution in [-0.2, 0) is 4.74 Å². The van der Waals surface area contributed by atoms with E-state index < -0.39 is 37.3 Å². The smallest absolute Gasteiger partial charge is 0.184 e. The second-order valence-corrected chi connectivity index (χ2v) is 2.72. The van der Waals surface area contributed by atoms with Crippen LogP contribution in [0.4, 0.5) is 0 Å². The third-order valence-electron chi connectivity index (χ3n) is 1.87. The van der Waals surface area contributed by atoms with Crippen molar-refractivity contribution < 1.29 is 30.3 Å². The molecule has 6 nitrogen and oxygen atoms in total. The van der Waals surface area contributed by atoms with E-state index in [0.29, 0.717) is 0 Å². The van der Waals surface area contributed by atoms with Gasteiger partial charge < -0.3 is 30.3 Å². The highest BCUT2D eigenvalue weighted by Gasteiger charge is 2.42. The van der Waals surface area contributed by atoms with Gasteiger partial charge >= 0.3 is 0 Å². The van der Waals surface area contributed by atoms with Crippen LogP contribution < -0.4 is 0 Å². The number of ether oxygens (including phenoxy) is 1. The van der Waals surface area contributed by atoms with Crippen molar-refractivity contribution >= 4 is 0 Å². The second kappa shape index (κ2) is 3.65. The van der Waals surface area contributed by atoms with Gasteiger partial charge in [-0.15, -0.1) is 0 Å². The van der Waals surface area contributed by atoms with Gasteiger partial charge in [-0.05, 0) is 0 Å². The molecule has 0 spiro atoms. The summed E-state index contributed by atoms with van der Waals surface area (Å²) in [5.74, 6) is 0. The van der Waals surface area contributed by atoms with Crippen molar-refractivity contribution in [1.29, 1.82) is 0 Å². The molecule has 72 valence electrons. The van der Waals surface area contributed by atoms with E-state index in [4.69, 9.17) is 25.5 Å². The molecule has 1 saturated heterocycles. The van der Waals surface area contributed by atoms with Crippen molar-refractivity contribution in [3.8, 4) is 0 Å². The maximum absolute atomic E-state index is 9.12. The van der Waals surface area contributed by atoms with E-state index in [0.717, 1.165) is 0 Å². The number of aliphatic hydroxyl groups excluding tert-OH is 5. The van der Waals surface area contributed by atoms with Crippen molar-refractivity contribution in [3.63, 3.8) is 0 Å². The molecule has 0 aromatic heterocycles. The lowest BCUT2D eigenvalue weighted by atomic mass is 10.0. The number of hydrogen-bond donors (Lipinski definition) is 5. The molecule has 0 bridgehead atoms. The molecule has 12 heavy (non-hydrogen) atoms. The summed E-state index contributed by atoms with van der Waals surface area (Å²) in [6.07, 6.45) is -7.04. The molecule has 5 atom stereocenters. The standard InChI is InChI=1S/C6H12O6/c7-1-2-3(8)4(9)5(10)6(11)12-2/h2-11H,1H2/t2-,3-,4+,5-,6?/m1/s1/i6+1. The van der Waals surface area contributed by atoms with Crippen LogP contribution in [0.3, 0.4) is 0 Å². The van der Waals surface area contributed by atoms with Crippen LogP contribution in [0.5, 0.6) is 0 Å². The minimum absolute atomic E-state index is 0.526. The van der Waals surface area contributed by atoms with E-state index in [2.05, 4.69) is 4.74 Å². The largest absolute Gasteiger partial charge is 0.394 e. The zero-order valence-electron chi connectivity index (χ0n) is 6.24. The van der Waals surface area contributed by atoms with Gasteiger partial charge in [-0.3, -0.25) is 0 Å². The first-order valence-corrected chi connectivity index (χ1v) is 3.56. The minimum atomic E-state index is -1.57. The molecular formula is C6H12O6. The molecule has 1 aliphatic rings. The van der Waals surface area contributed by atoms with Gasteiger partial charge in [0.25, 0.3) is 0 Å². The van der Waals surface area contributed by atoms with Gasteiger partial charge in [0.15, 0.2) is 6.29 Å². The Morgan fingerprint density at radius 2 is 1.50 bits per heavy atom. The normalized spacial score (nSPS) is 49.2. The lowest BCUT2D eigenvalue weighted by molar-refractivity contribution is -0.286. The Hall–Kier alpha value is -0.240. The molecule has 6 heteroatoms. The lowest BCUT2D eigenvalue weighted by Gasteiger charge is -2.37. The maximum Gasteiger partial charge on any atom is 0.184 e. The van der Waals surface area contributed by atoms with Crippen molar-refractivity contribution in [3.05, 3.63) is 0 Å². The molecule has 0 aliphatic carbocycles. The number of rotatable bonds is 1. The van der Waals surface area contributed by atoms with Gasteiger partial charge in [0, 0.05) is 0 Å². The highest BCUT2D eigenvalue weighted by molar-refractivity contribution is 4.87. The van der Waals surface area contributed by atoms with Crippen LogP contribution in [0, 0.1) is 0 Å². The van der Waals surface area contributed by atoms with Crippen molar-refractivity contribution in [2.45, 2.75) is 30.7 Å². The first-order valence-electron chi connectivity index (χ1n) is 3.56. The fraction of sp³-hybridized carbons (Fsp3) is 1.00. The Balaban J connectivity index is 2.63. The summed E-state index contributed by atoms with van der Waals surface area (Å²) in [6.45, 7) is -0.526. The molecule has 0 amide bonds. The third kappa shape index (κ3) is 1.58. The Bertz CT molecular complexity index is 146. The molecule has 0 aromatic carbocycles. The molecule has 1 unspecified atom stereocenters. The topological polar surface area (TPSA) is 110 Å². The molecule has 1 rings (SSSR count). The van der Waals surface area contributed by atoms with Gasteiger partial charge in [-0.2, -0.15) is 0 Å². The van der Waals surface area contributed by atoms with E-state index in [1.807, 2.05) is 0 Å². The minimum Gasteiger partial charge on any atom is -0.394 e. The summed E-state index contributed by atoms with van der Waals surface area (Å²) in [6, 6.07) is 0. The van der Waals surface area contributed by atoms with Crippen molar-refractivity contribution in [2.24, 2.45) is 0 Å². The van der Waals surface area contributed by atoms with Gasteiger partial charge in [0.05, 0.1) is 6.61 Å². The Labute approximate surface area is 68.6 Å². The first kappa shape index (κ1) is 9.85. The Morgan fingerprint density at radius 3 is 2.00 bits per heavy atom. The van der Waals surface area contributed by atoms with Gasteiger partial charge in [0.2, 0.25) is 0 Å². The zero-order chi connectivity index (χ0) is 9.30. The van der Waals surface area contributed by atoms with E-state index in [1.165, 1.54) is 0 Å².